The van der Waals surface area contributed by atoms with E-state index >= 15 is 0 Å². The van der Waals surface area contributed by atoms with Crippen molar-refractivity contribution in [3.05, 3.63) is 0 Å². The zero-order chi connectivity index (χ0) is 12.7. The van der Waals surface area contributed by atoms with E-state index in [1.165, 1.54) is 62.3 Å². The van der Waals surface area contributed by atoms with Crippen molar-refractivity contribution < 1.29 is 4.74 Å². The predicted molar refractivity (Wildman–Crippen MR) is 79.7 cm³/mol. The van der Waals surface area contributed by atoms with Crippen LogP contribution in [0.4, 0.5) is 0 Å². The smallest absolute Gasteiger partial charge is 0.156 e. The van der Waals surface area contributed by atoms with Crippen LogP contribution in [0, 0.1) is 5.41 Å². The van der Waals surface area contributed by atoms with Crippen molar-refractivity contribution in [1.29, 1.82) is 0 Å². The third-order valence-electron chi connectivity index (χ3n) is 5.40. The van der Waals surface area contributed by atoms with Gasteiger partial charge in [0.05, 0.1) is 18.2 Å². The number of nitrogens with one attached hydrogen (secondary N) is 1. The number of aliphatic imine (C=N–C) groups is 1. The van der Waals surface area contributed by atoms with Gasteiger partial charge < -0.3 is 10.1 Å². The molecule has 0 aromatic heterocycles. The van der Waals surface area contributed by atoms with Crippen LogP contribution >= 0.6 is 11.8 Å². The van der Waals surface area contributed by atoms with Gasteiger partial charge in [-0.3, -0.25) is 4.99 Å². The number of fused-ring (bicyclic) bond motifs is 2. The number of hydrogen-bond acceptors (Lipinski definition) is 4. The van der Waals surface area contributed by atoms with Gasteiger partial charge in [0.25, 0.3) is 0 Å². The van der Waals surface area contributed by atoms with Crippen LogP contribution < -0.4 is 5.32 Å². The van der Waals surface area contributed by atoms with Gasteiger partial charge in [-0.25, -0.2) is 0 Å². The maximum atomic E-state index is 5.91. The van der Waals surface area contributed by atoms with Gasteiger partial charge in [-0.2, -0.15) is 0 Å². The molecule has 4 heteroatoms. The summed E-state index contributed by atoms with van der Waals surface area (Å²) < 4.78 is 5.91. The summed E-state index contributed by atoms with van der Waals surface area (Å²) in [6.07, 6.45) is 11.7. The SMILES string of the molecule is C1CCC2(CC1)CN=C(NC1CC3CCC1O3)SC2. The molecule has 19 heavy (non-hydrogen) atoms. The number of amidine groups is 1. The summed E-state index contributed by atoms with van der Waals surface area (Å²) in [5.74, 6) is 1.28. The van der Waals surface area contributed by atoms with Gasteiger partial charge in [-0.1, -0.05) is 31.0 Å². The zero-order valence-corrected chi connectivity index (χ0v) is 12.4. The minimum absolute atomic E-state index is 0.457. The summed E-state index contributed by atoms with van der Waals surface area (Å²) in [5, 5.41) is 4.85. The van der Waals surface area contributed by atoms with Gasteiger partial charge >= 0.3 is 0 Å². The molecule has 3 atom stereocenters. The van der Waals surface area contributed by atoms with E-state index in [-0.39, 0.29) is 0 Å². The summed E-state index contributed by atoms with van der Waals surface area (Å²) in [6.45, 7) is 1.06. The first-order valence-electron chi connectivity index (χ1n) is 7.92. The van der Waals surface area contributed by atoms with Crippen molar-refractivity contribution in [3.8, 4) is 0 Å². The molecule has 0 aromatic rings. The second kappa shape index (κ2) is 4.96. The fourth-order valence-electron chi connectivity index (χ4n) is 4.19. The zero-order valence-electron chi connectivity index (χ0n) is 11.6. The fraction of sp³-hybridized carbons (Fsp3) is 0.933. The van der Waals surface area contributed by atoms with Crippen molar-refractivity contribution in [2.45, 2.75) is 69.6 Å². The van der Waals surface area contributed by atoms with Crippen LogP contribution in [0.2, 0.25) is 0 Å². The molecule has 3 aliphatic heterocycles. The van der Waals surface area contributed by atoms with E-state index in [0.717, 1.165) is 6.54 Å². The van der Waals surface area contributed by atoms with Gasteiger partial charge in [-0.05, 0) is 37.5 Å². The van der Waals surface area contributed by atoms with Crippen molar-refractivity contribution >= 4 is 16.9 Å². The highest BCUT2D eigenvalue weighted by Gasteiger charge is 2.42. The fourth-order valence-corrected chi connectivity index (χ4v) is 5.41. The second-order valence-electron chi connectivity index (χ2n) is 6.83. The predicted octanol–water partition coefficient (Wildman–Crippen LogP) is 2.95. The molecule has 1 aliphatic carbocycles. The lowest BCUT2D eigenvalue weighted by Crippen LogP contribution is -2.43. The molecule has 3 nitrogen and oxygen atoms in total. The van der Waals surface area contributed by atoms with Crippen molar-refractivity contribution in [2.24, 2.45) is 10.4 Å². The molecule has 1 spiro atoms. The minimum Gasteiger partial charge on any atom is -0.373 e. The molecule has 0 radical (unpaired) electrons. The third kappa shape index (κ3) is 2.42. The van der Waals surface area contributed by atoms with Gasteiger partial charge in [-0.15, -0.1) is 0 Å². The topological polar surface area (TPSA) is 33.6 Å². The Kier molecular flexibility index (Phi) is 3.27. The van der Waals surface area contributed by atoms with Crippen LogP contribution in [0.5, 0.6) is 0 Å². The molecule has 2 bridgehead atoms. The van der Waals surface area contributed by atoms with E-state index in [0.29, 0.717) is 23.7 Å². The van der Waals surface area contributed by atoms with Gasteiger partial charge in [0.1, 0.15) is 0 Å². The second-order valence-corrected chi connectivity index (χ2v) is 7.80. The monoisotopic (exact) mass is 280 g/mol. The summed E-state index contributed by atoms with van der Waals surface area (Å²) in [4.78, 5) is 4.87. The van der Waals surface area contributed by atoms with E-state index in [1.807, 2.05) is 11.8 Å². The van der Waals surface area contributed by atoms with Crippen molar-refractivity contribution in [2.75, 3.05) is 12.3 Å². The van der Waals surface area contributed by atoms with E-state index in [4.69, 9.17) is 9.73 Å². The lowest BCUT2D eigenvalue weighted by Gasteiger charge is -2.39. The molecule has 3 unspecified atom stereocenters. The standard InChI is InChI=1S/C15H24N2OS/c1-2-6-15(7-3-1)9-16-14(19-10-15)17-12-8-11-4-5-13(12)18-11/h11-13H,1-10H2,(H,16,17). The Morgan fingerprint density at radius 1 is 1.21 bits per heavy atom. The molecular formula is C15H24N2OS. The Morgan fingerprint density at radius 3 is 2.74 bits per heavy atom. The molecular weight excluding hydrogens is 256 g/mol. The third-order valence-corrected chi connectivity index (χ3v) is 6.68. The maximum absolute atomic E-state index is 5.91. The summed E-state index contributed by atoms with van der Waals surface area (Å²) >= 11 is 1.97. The quantitative estimate of drug-likeness (QED) is 0.802. The molecule has 1 saturated carbocycles. The summed E-state index contributed by atoms with van der Waals surface area (Å²) in [7, 11) is 0. The van der Waals surface area contributed by atoms with Crippen LogP contribution in [0.1, 0.15) is 51.4 Å². The molecule has 3 fully saturated rings. The first-order valence-corrected chi connectivity index (χ1v) is 8.91. The van der Waals surface area contributed by atoms with Crippen LogP contribution in [-0.2, 0) is 4.74 Å². The number of hydrogen-bond donors (Lipinski definition) is 1. The normalized spacial score (nSPS) is 40.4. The van der Waals surface area contributed by atoms with Crippen LogP contribution in [-0.4, -0.2) is 35.7 Å². The largest absolute Gasteiger partial charge is 0.373 e. The van der Waals surface area contributed by atoms with Crippen molar-refractivity contribution in [3.63, 3.8) is 0 Å². The Balaban J connectivity index is 1.36. The number of rotatable bonds is 1. The highest BCUT2D eigenvalue weighted by atomic mass is 32.2. The Hall–Kier alpha value is -0.220. The molecule has 3 heterocycles. The molecule has 1 N–H and O–H groups in total. The molecule has 0 amide bonds. The highest BCUT2D eigenvalue weighted by Crippen LogP contribution is 2.42. The maximum Gasteiger partial charge on any atom is 0.156 e. The van der Waals surface area contributed by atoms with E-state index in [2.05, 4.69) is 5.32 Å². The lowest BCUT2D eigenvalue weighted by molar-refractivity contribution is 0.0993. The van der Waals surface area contributed by atoms with E-state index in [9.17, 15) is 0 Å². The first kappa shape index (κ1) is 12.5. The van der Waals surface area contributed by atoms with E-state index in [1.54, 1.807) is 0 Å². The van der Waals surface area contributed by atoms with Crippen LogP contribution in [0.3, 0.4) is 0 Å². The molecule has 106 valence electrons. The molecule has 2 saturated heterocycles. The Morgan fingerprint density at radius 2 is 2.11 bits per heavy atom. The first-order chi connectivity index (χ1) is 9.33. The van der Waals surface area contributed by atoms with Crippen LogP contribution in [0.15, 0.2) is 4.99 Å². The van der Waals surface area contributed by atoms with Gasteiger partial charge in [0.15, 0.2) is 5.17 Å². The molecule has 4 aliphatic rings. The average molecular weight is 280 g/mol. The van der Waals surface area contributed by atoms with Gasteiger partial charge in [0, 0.05) is 12.3 Å². The number of thioether (sulfide) groups is 1. The van der Waals surface area contributed by atoms with Gasteiger partial charge in [0.2, 0.25) is 0 Å². The van der Waals surface area contributed by atoms with Crippen LogP contribution in [0.25, 0.3) is 0 Å². The summed E-state index contributed by atoms with van der Waals surface area (Å²) in [5.41, 5.74) is 0.541. The van der Waals surface area contributed by atoms with Crippen molar-refractivity contribution in [1.82, 2.24) is 5.32 Å². The number of nitrogens with zero attached hydrogens (tertiary/aromatic N) is 1. The Bertz CT molecular complexity index is 378. The molecule has 4 rings (SSSR count). The van der Waals surface area contributed by atoms with E-state index < -0.39 is 0 Å². The summed E-state index contributed by atoms with van der Waals surface area (Å²) in [6, 6.07) is 0.533. The minimum atomic E-state index is 0.457. The molecule has 0 aromatic carbocycles. The average Bonchev–Trinajstić information content (AvgIpc) is 3.05. The lowest BCUT2D eigenvalue weighted by atomic mass is 9.75. The highest BCUT2D eigenvalue weighted by molar-refractivity contribution is 8.13. The Labute approximate surface area is 120 Å². The number of ether oxygens (including phenoxy) is 1.